The van der Waals surface area contributed by atoms with Crippen molar-refractivity contribution in [1.29, 1.82) is 0 Å². The van der Waals surface area contributed by atoms with E-state index in [-0.39, 0.29) is 12.5 Å². The number of ether oxygens (including phenoxy) is 1. The molecule has 3 rings (SSSR count). The maximum absolute atomic E-state index is 11.8. The molecule has 0 aliphatic carbocycles. The largest absolute Gasteiger partial charge is 0.381 e. The second kappa shape index (κ2) is 6.82. The molecule has 112 valence electrons. The zero-order valence-electron chi connectivity index (χ0n) is 11.6. The Balaban J connectivity index is 1.49. The van der Waals surface area contributed by atoms with Crippen molar-refractivity contribution in [3.05, 3.63) is 34.1 Å². The molecule has 0 bridgehead atoms. The number of thiophene rings is 1. The Hall–Kier alpha value is -1.73. The van der Waals surface area contributed by atoms with Gasteiger partial charge in [0, 0.05) is 19.1 Å². The molecule has 1 fully saturated rings. The van der Waals surface area contributed by atoms with Gasteiger partial charge in [-0.3, -0.25) is 4.79 Å². The van der Waals surface area contributed by atoms with Gasteiger partial charge in [0.2, 0.25) is 11.8 Å². The van der Waals surface area contributed by atoms with Gasteiger partial charge in [0.25, 0.3) is 0 Å². The maximum Gasteiger partial charge on any atom is 0.246 e. The fourth-order valence-corrected chi connectivity index (χ4v) is 2.95. The second-order valence-corrected chi connectivity index (χ2v) is 5.80. The predicted molar refractivity (Wildman–Crippen MR) is 77.0 cm³/mol. The summed E-state index contributed by atoms with van der Waals surface area (Å²) in [4.78, 5) is 16.1. The van der Waals surface area contributed by atoms with Gasteiger partial charge < -0.3 is 14.6 Å². The van der Waals surface area contributed by atoms with Gasteiger partial charge in [-0.15, -0.1) is 0 Å². The van der Waals surface area contributed by atoms with E-state index in [0.717, 1.165) is 37.4 Å². The molecule has 6 nitrogen and oxygen atoms in total. The lowest BCUT2D eigenvalue weighted by Gasteiger charge is -2.18. The molecule has 1 saturated heterocycles. The third-order valence-corrected chi connectivity index (χ3v) is 4.18. The van der Waals surface area contributed by atoms with E-state index in [9.17, 15) is 4.79 Å². The number of nitrogens with one attached hydrogen (secondary N) is 1. The zero-order valence-corrected chi connectivity index (χ0v) is 12.4. The summed E-state index contributed by atoms with van der Waals surface area (Å²) in [7, 11) is 0. The van der Waals surface area contributed by atoms with Crippen LogP contribution in [0.5, 0.6) is 0 Å². The highest BCUT2D eigenvalue weighted by atomic mass is 32.1. The number of nitrogens with zero attached hydrogens (tertiary/aromatic N) is 2. The van der Waals surface area contributed by atoms with Crippen molar-refractivity contribution in [3.8, 4) is 0 Å². The Kier molecular flexibility index (Phi) is 4.62. The Morgan fingerprint density at radius 3 is 3.05 bits per heavy atom. The van der Waals surface area contributed by atoms with Crippen LogP contribution < -0.4 is 5.32 Å². The van der Waals surface area contributed by atoms with Crippen LogP contribution in [0.4, 0.5) is 0 Å². The van der Waals surface area contributed by atoms with E-state index < -0.39 is 0 Å². The molecule has 7 heteroatoms. The predicted octanol–water partition coefficient (Wildman–Crippen LogP) is 1.88. The molecule has 0 spiro atoms. The number of amides is 1. The third-order valence-electron chi connectivity index (χ3n) is 3.45. The zero-order chi connectivity index (χ0) is 14.5. The van der Waals surface area contributed by atoms with Crippen molar-refractivity contribution in [3.63, 3.8) is 0 Å². The van der Waals surface area contributed by atoms with Gasteiger partial charge in [0.1, 0.15) is 0 Å². The fourth-order valence-electron chi connectivity index (χ4n) is 2.28. The fraction of sp³-hybridized carbons (Fsp3) is 0.500. The van der Waals surface area contributed by atoms with E-state index in [0.29, 0.717) is 18.2 Å². The molecule has 1 aliphatic rings. The highest BCUT2D eigenvalue weighted by molar-refractivity contribution is 7.07. The Morgan fingerprint density at radius 1 is 1.43 bits per heavy atom. The summed E-state index contributed by atoms with van der Waals surface area (Å²) in [5.74, 6) is 1.44. The van der Waals surface area contributed by atoms with E-state index in [4.69, 9.17) is 9.26 Å². The molecule has 2 aromatic rings. The lowest BCUT2D eigenvalue weighted by molar-refractivity contribution is -0.120. The van der Waals surface area contributed by atoms with Crippen molar-refractivity contribution < 1.29 is 14.1 Å². The van der Waals surface area contributed by atoms with Crippen LogP contribution in [0.3, 0.4) is 0 Å². The average molecular weight is 307 g/mol. The van der Waals surface area contributed by atoms with Crippen LogP contribution >= 0.6 is 11.3 Å². The number of carbonyl (C=O) groups is 1. The van der Waals surface area contributed by atoms with Crippen LogP contribution in [0.25, 0.3) is 0 Å². The molecular formula is C14H17N3O3S. The van der Waals surface area contributed by atoms with E-state index >= 15 is 0 Å². The summed E-state index contributed by atoms with van der Waals surface area (Å²) >= 11 is 1.58. The number of rotatable bonds is 5. The van der Waals surface area contributed by atoms with Gasteiger partial charge in [0.05, 0.1) is 13.0 Å². The van der Waals surface area contributed by atoms with Crippen molar-refractivity contribution in [2.24, 2.45) is 0 Å². The molecular weight excluding hydrogens is 290 g/mol. The van der Waals surface area contributed by atoms with E-state index in [2.05, 4.69) is 15.5 Å². The van der Waals surface area contributed by atoms with E-state index in [1.54, 1.807) is 11.3 Å². The van der Waals surface area contributed by atoms with Crippen LogP contribution in [0.1, 0.15) is 36.0 Å². The van der Waals surface area contributed by atoms with Gasteiger partial charge >= 0.3 is 0 Å². The molecule has 0 saturated carbocycles. The smallest absolute Gasteiger partial charge is 0.246 e. The van der Waals surface area contributed by atoms with Crippen LogP contribution in [0.15, 0.2) is 21.3 Å². The minimum absolute atomic E-state index is 0.0424. The average Bonchev–Trinajstić information content (AvgIpc) is 3.17. The van der Waals surface area contributed by atoms with Crippen molar-refractivity contribution in [1.82, 2.24) is 15.5 Å². The lowest BCUT2D eigenvalue weighted by Crippen LogP contribution is -2.24. The molecule has 2 aromatic heterocycles. The standard InChI is InChI=1S/C14H17N3O3S/c18-12(7-10-3-6-21-9-10)15-8-13-16-14(17-20-13)11-1-4-19-5-2-11/h3,6,9,11H,1-2,4-5,7-8H2,(H,15,18). The van der Waals surface area contributed by atoms with Gasteiger partial charge in [-0.05, 0) is 35.2 Å². The summed E-state index contributed by atoms with van der Waals surface area (Å²) in [5, 5.41) is 10.7. The van der Waals surface area contributed by atoms with Gasteiger partial charge in [-0.2, -0.15) is 16.3 Å². The Bertz CT molecular complexity index is 576. The second-order valence-electron chi connectivity index (χ2n) is 5.02. The molecule has 1 amide bonds. The molecule has 21 heavy (non-hydrogen) atoms. The normalized spacial score (nSPS) is 16.0. The highest BCUT2D eigenvalue weighted by Crippen LogP contribution is 2.24. The lowest BCUT2D eigenvalue weighted by atomic mass is 10.00. The summed E-state index contributed by atoms with van der Waals surface area (Å²) < 4.78 is 10.5. The number of hydrogen-bond donors (Lipinski definition) is 1. The monoisotopic (exact) mass is 307 g/mol. The first kappa shape index (κ1) is 14.2. The van der Waals surface area contributed by atoms with Crippen molar-refractivity contribution in [2.75, 3.05) is 13.2 Å². The first-order chi connectivity index (χ1) is 10.3. The quantitative estimate of drug-likeness (QED) is 0.912. The van der Waals surface area contributed by atoms with Crippen LogP contribution in [-0.2, 0) is 22.5 Å². The molecule has 1 aliphatic heterocycles. The van der Waals surface area contributed by atoms with Crippen molar-refractivity contribution in [2.45, 2.75) is 31.7 Å². The molecule has 0 radical (unpaired) electrons. The Labute approximate surface area is 126 Å². The first-order valence-electron chi connectivity index (χ1n) is 6.99. The van der Waals surface area contributed by atoms with Gasteiger partial charge in [-0.25, -0.2) is 0 Å². The third kappa shape index (κ3) is 3.89. The maximum atomic E-state index is 11.8. The topological polar surface area (TPSA) is 77.2 Å². The van der Waals surface area contributed by atoms with E-state index in [1.807, 2.05) is 16.8 Å². The van der Waals surface area contributed by atoms with Crippen LogP contribution in [0, 0.1) is 0 Å². The molecule has 1 N–H and O–H groups in total. The van der Waals surface area contributed by atoms with E-state index in [1.165, 1.54) is 0 Å². The summed E-state index contributed by atoms with van der Waals surface area (Å²) in [6, 6.07) is 1.94. The first-order valence-corrected chi connectivity index (χ1v) is 7.93. The summed E-state index contributed by atoms with van der Waals surface area (Å²) in [6.45, 7) is 1.76. The minimum Gasteiger partial charge on any atom is -0.381 e. The minimum atomic E-state index is -0.0424. The van der Waals surface area contributed by atoms with Gasteiger partial charge in [-0.1, -0.05) is 5.16 Å². The Morgan fingerprint density at radius 2 is 2.29 bits per heavy atom. The molecule has 0 aromatic carbocycles. The SMILES string of the molecule is O=C(Cc1ccsc1)NCc1nc(C2CCOCC2)no1. The summed E-state index contributed by atoms with van der Waals surface area (Å²) in [6.07, 6.45) is 2.22. The van der Waals surface area contributed by atoms with Gasteiger partial charge in [0.15, 0.2) is 5.82 Å². The van der Waals surface area contributed by atoms with Crippen LogP contribution in [-0.4, -0.2) is 29.3 Å². The molecule has 3 heterocycles. The highest BCUT2D eigenvalue weighted by Gasteiger charge is 2.21. The summed E-state index contributed by atoms with van der Waals surface area (Å²) in [5.41, 5.74) is 1.02. The van der Waals surface area contributed by atoms with Crippen molar-refractivity contribution >= 4 is 17.2 Å². The molecule has 0 atom stereocenters. The van der Waals surface area contributed by atoms with Crippen LogP contribution in [0.2, 0.25) is 0 Å². The number of aromatic nitrogens is 2. The number of hydrogen-bond acceptors (Lipinski definition) is 6. The molecule has 0 unspecified atom stereocenters. The number of carbonyl (C=O) groups excluding carboxylic acids is 1.